The Balaban J connectivity index is 2.09. The Morgan fingerprint density at radius 2 is 2.07 bits per heavy atom. The maximum Gasteiger partial charge on any atom is -0.00588 e. The second kappa shape index (κ2) is 2.90. The number of hydrogen-bond donors (Lipinski definition) is 0. The monoisotopic (exact) mass is 204 g/mol. The molecule has 0 amide bonds. The summed E-state index contributed by atoms with van der Waals surface area (Å²) in [6.45, 7) is 7.47. The molecule has 2 fully saturated rings. The van der Waals surface area contributed by atoms with E-state index < -0.39 is 0 Å². The van der Waals surface area contributed by atoms with E-state index >= 15 is 0 Å². The van der Waals surface area contributed by atoms with Gasteiger partial charge in [-0.25, -0.2) is 0 Å². The number of hydrogen-bond acceptors (Lipinski definition) is 0. The Morgan fingerprint density at radius 3 is 2.80 bits per heavy atom. The van der Waals surface area contributed by atoms with Gasteiger partial charge < -0.3 is 0 Å². The second-order valence-electron chi connectivity index (χ2n) is 6.69. The van der Waals surface area contributed by atoms with E-state index in [4.69, 9.17) is 0 Å². The van der Waals surface area contributed by atoms with Crippen molar-refractivity contribution in [1.82, 2.24) is 0 Å². The quantitative estimate of drug-likeness (QED) is 0.507. The first-order valence-corrected chi connectivity index (χ1v) is 6.77. The maximum absolute atomic E-state index is 2.69. The van der Waals surface area contributed by atoms with Gasteiger partial charge in [0, 0.05) is 0 Å². The van der Waals surface area contributed by atoms with Crippen LogP contribution >= 0.6 is 0 Å². The van der Waals surface area contributed by atoms with Gasteiger partial charge in [0.1, 0.15) is 0 Å². The molecule has 0 aromatic rings. The second-order valence-corrected chi connectivity index (χ2v) is 6.69. The summed E-state index contributed by atoms with van der Waals surface area (Å²) in [5.74, 6) is 1.87. The van der Waals surface area contributed by atoms with Gasteiger partial charge in [0.15, 0.2) is 0 Å². The van der Waals surface area contributed by atoms with Crippen LogP contribution in [0.1, 0.15) is 59.3 Å². The van der Waals surface area contributed by atoms with Gasteiger partial charge in [0.25, 0.3) is 0 Å². The van der Waals surface area contributed by atoms with Gasteiger partial charge in [-0.2, -0.15) is 0 Å². The highest BCUT2D eigenvalue weighted by Gasteiger charge is 2.57. The van der Waals surface area contributed by atoms with Crippen LogP contribution < -0.4 is 0 Å². The molecule has 0 heterocycles. The van der Waals surface area contributed by atoms with Crippen molar-refractivity contribution in [2.45, 2.75) is 59.3 Å². The molecule has 0 nitrogen and oxygen atoms in total. The van der Waals surface area contributed by atoms with Gasteiger partial charge in [0.2, 0.25) is 0 Å². The zero-order valence-corrected chi connectivity index (χ0v) is 10.5. The summed E-state index contributed by atoms with van der Waals surface area (Å²) >= 11 is 0. The predicted molar refractivity (Wildman–Crippen MR) is 64.7 cm³/mol. The van der Waals surface area contributed by atoms with Gasteiger partial charge in [-0.3, -0.25) is 0 Å². The molecule has 0 heteroatoms. The molecule has 4 rings (SSSR count). The van der Waals surface area contributed by atoms with Crippen molar-refractivity contribution in [3.8, 4) is 0 Å². The number of allylic oxidation sites excluding steroid dienone is 2. The predicted octanol–water partition coefficient (Wildman–Crippen LogP) is 4.56. The largest absolute Gasteiger partial charge is 0.0785 e. The molecular weight excluding hydrogens is 180 g/mol. The van der Waals surface area contributed by atoms with Crippen molar-refractivity contribution in [3.63, 3.8) is 0 Å². The summed E-state index contributed by atoms with van der Waals surface area (Å²) < 4.78 is 0. The molecule has 15 heavy (non-hydrogen) atoms. The average Bonchev–Trinajstić information content (AvgIpc) is 2.19. The molecule has 4 atom stereocenters. The fourth-order valence-corrected chi connectivity index (χ4v) is 4.93. The van der Waals surface area contributed by atoms with Crippen LogP contribution in [-0.2, 0) is 0 Å². The number of rotatable bonds is 0. The third-order valence-electron chi connectivity index (χ3n) is 6.24. The van der Waals surface area contributed by atoms with E-state index in [1.165, 1.54) is 38.5 Å². The first-order chi connectivity index (χ1) is 7.07. The molecule has 84 valence electrons. The van der Waals surface area contributed by atoms with Crippen LogP contribution in [0, 0.1) is 22.7 Å². The van der Waals surface area contributed by atoms with Crippen molar-refractivity contribution in [3.05, 3.63) is 11.6 Å². The van der Waals surface area contributed by atoms with Gasteiger partial charge >= 0.3 is 0 Å². The Morgan fingerprint density at radius 1 is 1.27 bits per heavy atom. The average molecular weight is 204 g/mol. The highest BCUT2D eigenvalue weighted by molar-refractivity contribution is 5.26. The Hall–Kier alpha value is -0.260. The van der Waals surface area contributed by atoms with E-state index in [0.29, 0.717) is 10.8 Å². The smallest absolute Gasteiger partial charge is 0.00588 e. The molecule has 0 N–H and O–H groups in total. The molecule has 0 aliphatic heterocycles. The van der Waals surface area contributed by atoms with Crippen LogP contribution in [0.2, 0.25) is 0 Å². The molecule has 2 saturated carbocycles. The minimum atomic E-state index is 0.601. The number of fused-ring (bicyclic) bond motifs is 1. The van der Waals surface area contributed by atoms with Crippen LogP contribution in [0.15, 0.2) is 11.6 Å². The molecule has 0 aromatic carbocycles. The van der Waals surface area contributed by atoms with Crippen LogP contribution in [-0.4, -0.2) is 0 Å². The third kappa shape index (κ3) is 1.09. The van der Waals surface area contributed by atoms with Crippen molar-refractivity contribution < 1.29 is 0 Å². The SMILES string of the molecule is CC1=C[C@]23CCC[C@@H](C)[C@]2(C)C[C@H]1CC3. The lowest BCUT2D eigenvalue weighted by Crippen LogP contribution is -2.53. The van der Waals surface area contributed by atoms with E-state index in [2.05, 4.69) is 26.8 Å². The normalized spacial score (nSPS) is 53.7. The van der Waals surface area contributed by atoms with Crippen LogP contribution in [0.4, 0.5) is 0 Å². The van der Waals surface area contributed by atoms with Crippen LogP contribution in [0.3, 0.4) is 0 Å². The molecule has 1 spiro atoms. The molecule has 4 aliphatic rings. The molecule has 0 saturated heterocycles. The van der Waals surface area contributed by atoms with Gasteiger partial charge in [-0.05, 0) is 55.3 Å². The van der Waals surface area contributed by atoms with Crippen molar-refractivity contribution in [1.29, 1.82) is 0 Å². The van der Waals surface area contributed by atoms with E-state index in [0.717, 1.165) is 11.8 Å². The zero-order chi connectivity index (χ0) is 10.7. The standard InChI is InChI=1S/C15H24/c1-11-9-15-7-4-5-12(2)14(15,3)10-13(11)6-8-15/h9,12-13H,4-8,10H2,1-3H3/t12-,13-,14+,15-/m1/s1. The lowest BCUT2D eigenvalue weighted by Gasteiger charge is -2.62. The first-order valence-electron chi connectivity index (χ1n) is 6.77. The topological polar surface area (TPSA) is 0 Å². The minimum Gasteiger partial charge on any atom is -0.0785 e. The third-order valence-corrected chi connectivity index (χ3v) is 6.24. The molecule has 0 radical (unpaired) electrons. The molecule has 4 aliphatic carbocycles. The maximum atomic E-state index is 2.69. The first kappa shape index (κ1) is 9.93. The van der Waals surface area contributed by atoms with Gasteiger partial charge in [-0.15, -0.1) is 0 Å². The van der Waals surface area contributed by atoms with Crippen molar-refractivity contribution in [2.75, 3.05) is 0 Å². The summed E-state index contributed by atoms with van der Waals surface area (Å²) in [6.07, 6.45) is 11.5. The summed E-state index contributed by atoms with van der Waals surface area (Å²) in [5, 5.41) is 0. The van der Waals surface area contributed by atoms with Gasteiger partial charge in [-0.1, -0.05) is 38.3 Å². The highest BCUT2D eigenvalue weighted by Crippen LogP contribution is 2.66. The summed E-state index contributed by atoms with van der Waals surface area (Å²) in [4.78, 5) is 0. The summed E-state index contributed by atoms with van der Waals surface area (Å²) in [7, 11) is 0. The Kier molecular flexibility index (Phi) is 1.92. The fraction of sp³-hybridized carbons (Fsp3) is 0.867. The molecule has 0 aromatic heterocycles. The highest BCUT2D eigenvalue weighted by atomic mass is 14.6. The lowest BCUT2D eigenvalue weighted by atomic mass is 9.42. The lowest BCUT2D eigenvalue weighted by molar-refractivity contribution is -0.0732. The van der Waals surface area contributed by atoms with Crippen molar-refractivity contribution in [2.24, 2.45) is 22.7 Å². The van der Waals surface area contributed by atoms with Crippen LogP contribution in [0.25, 0.3) is 0 Å². The molecule has 0 unspecified atom stereocenters. The fourth-order valence-electron chi connectivity index (χ4n) is 4.93. The molecule has 2 bridgehead atoms. The Labute approximate surface area is 94.1 Å². The van der Waals surface area contributed by atoms with E-state index in [-0.39, 0.29) is 0 Å². The summed E-state index contributed by atoms with van der Waals surface area (Å²) in [5.41, 5.74) is 2.95. The van der Waals surface area contributed by atoms with Gasteiger partial charge in [0.05, 0.1) is 0 Å². The Bertz CT molecular complexity index is 314. The minimum absolute atomic E-state index is 0.601. The van der Waals surface area contributed by atoms with E-state index in [1.54, 1.807) is 5.57 Å². The van der Waals surface area contributed by atoms with Crippen molar-refractivity contribution >= 4 is 0 Å². The summed E-state index contributed by atoms with van der Waals surface area (Å²) in [6, 6.07) is 0. The van der Waals surface area contributed by atoms with E-state index in [9.17, 15) is 0 Å². The molecular formula is C15H24. The van der Waals surface area contributed by atoms with Crippen LogP contribution in [0.5, 0.6) is 0 Å². The van der Waals surface area contributed by atoms with E-state index in [1.807, 2.05) is 0 Å². The zero-order valence-electron chi connectivity index (χ0n) is 10.5.